The van der Waals surface area contributed by atoms with E-state index in [1.165, 1.54) is 0 Å². The highest BCUT2D eigenvalue weighted by Gasteiger charge is 2.20. The van der Waals surface area contributed by atoms with Crippen LogP contribution in [-0.4, -0.2) is 34.5 Å². The van der Waals surface area contributed by atoms with Gasteiger partial charge in [-0.05, 0) is 30.7 Å². The minimum Gasteiger partial charge on any atom is -0.486 e. The Kier molecular flexibility index (Phi) is 4.48. The van der Waals surface area contributed by atoms with Gasteiger partial charge in [-0.15, -0.1) is 0 Å². The molecule has 1 aliphatic rings. The van der Waals surface area contributed by atoms with Crippen molar-refractivity contribution in [1.82, 2.24) is 14.7 Å². The number of amides is 1. The van der Waals surface area contributed by atoms with Crippen LogP contribution in [0.1, 0.15) is 17.7 Å². The number of carbonyl (C=O) groups is 1. The number of benzene rings is 1. The Morgan fingerprint density at radius 3 is 3.00 bits per heavy atom. The minimum atomic E-state index is -0.0522. The lowest BCUT2D eigenvalue weighted by Crippen LogP contribution is -2.34. The molecule has 3 heterocycles. The van der Waals surface area contributed by atoms with Gasteiger partial charge >= 0.3 is 0 Å². The molecule has 0 bridgehead atoms. The summed E-state index contributed by atoms with van der Waals surface area (Å²) in [5.41, 5.74) is 2.86. The normalized spacial score (nSPS) is 15.8. The lowest BCUT2D eigenvalue weighted by atomic mass is 10.2. The number of nitrogens with one attached hydrogen (secondary N) is 1. The van der Waals surface area contributed by atoms with E-state index in [2.05, 4.69) is 10.3 Å². The van der Waals surface area contributed by atoms with Gasteiger partial charge < -0.3 is 19.2 Å². The van der Waals surface area contributed by atoms with Crippen molar-refractivity contribution in [2.45, 2.75) is 25.9 Å². The summed E-state index contributed by atoms with van der Waals surface area (Å²) in [4.78, 5) is 16.6. The molecule has 6 heteroatoms. The summed E-state index contributed by atoms with van der Waals surface area (Å²) < 4.78 is 13.6. The van der Waals surface area contributed by atoms with Gasteiger partial charge in [0.25, 0.3) is 0 Å². The van der Waals surface area contributed by atoms with Crippen molar-refractivity contribution in [2.24, 2.45) is 0 Å². The molecule has 2 aromatic heterocycles. The van der Waals surface area contributed by atoms with Crippen LogP contribution in [0, 0.1) is 6.92 Å². The third-order valence-electron chi connectivity index (χ3n) is 4.51. The molecule has 4 rings (SSSR count). The molecular weight excluding hydrogens is 330 g/mol. The third kappa shape index (κ3) is 3.35. The minimum absolute atomic E-state index is 0.0227. The summed E-state index contributed by atoms with van der Waals surface area (Å²) in [5, 5.41) is 2.96. The number of fused-ring (bicyclic) bond motifs is 2. The van der Waals surface area contributed by atoms with E-state index in [0.717, 1.165) is 28.4 Å². The highest BCUT2D eigenvalue weighted by molar-refractivity contribution is 5.78. The van der Waals surface area contributed by atoms with E-state index >= 15 is 0 Å². The van der Waals surface area contributed by atoms with Crippen LogP contribution >= 0.6 is 0 Å². The van der Waals surface area contributed by atoms with Crippen LogP contribution < -0.4 is 14.8 Å². The van der Waals surface area contributed by atoms with Crippen LogP contribution in [-0.2, 0) is 11.2 Å². The van der Waals surface area contributed by atoms with Crippen LogP contribution in [0.25, 0.3) is 5.65 Å². The van der Waals surface area contributed by atoms with Crippen molar-refractivity contribution in [1.29, 1.82) is 0 Å². The highest BCUT2D eigenvalue weighted by Crippen LogP contribution is 2.31. The van der Waals surface area contributed by atoms with Gasteiger partial charge in [0.15, 0.2) is 11.5 Å². The van der Waals surface area contributed by atoms with Crippen molar-refractivity contribution in [3.05, 3.63) is 60.0 Å². The zero-order valence-electron chi connectivity index (χ0n) is 14.6. The Morgan fingerprint density at radius 1 is 1.27 bits per heavy atom. The van der Waals surface area contributed by atoms with Gasteiger partial charge in [0.1, 0.15) is 18.4 Å². The van der Waals surface area contributed by atoms with E-state index < -0.39 is 0 Å². The topological polar surface area (TPSA) is 64.9 Å². The number of hydrogen-bond acceptors (Lipinski definition) is 4. The third-order valence-corrected chi connectivity index (χ3v) is 4.51. The monoisotopic (exact) mass is 351 g/mol. The standard InChI is InChI=1S/C20H21N3O3/c1-14-5-4-10-23-15(12-22-20(14)23)11-19(24)21-9-8-16-13-25-17-6-2-3-7-18(17)26-16/h2-7,10,12,16H,8-9,11,13H2,1H3,(H,21,24). The van der Waals surface area contributed by atoms with Gasteiger partial charge in [-0.2, -0.15) is 0 Å². The summed E-state index contributed by atoms with van der Waals surface area (Å²) in [7, 11) is 0. The lowest BCUT2D eigenvalue weighted by molar-refractivity contribution is -0.120. The molecule has 1 N–H and O–H groups in total. The van der Waals surface area contributed by atoms with Gasteiger partial charge in [-0.25, -0.2) is 4.98 Å². The molecule has 3 aromatic rings. The van der Waals surface area contributed by atoms with Crippen molar-refractivity contribution in [3.8, 4) is 11.5 Å². The second-order valence-corrected chi connectivity index (χ2v) is 6.45. The number of aryl methyl sites for hydroxylation is 1. The van der Waals surface area contributed by atoms with Crippen LogP contribution in [0.4, 0.5) is 0 Å². The highest BCUT2D eigenvalue weighted by atomic mass is 16.6. The van der Waals surface area contributed by atoms with Crippen molar-refractivity contribution < 1.29 is 14.3 Å². The van der Waals surface area contributed by atoms with Crippen LogP contribution in [0.15, 0.2) is 48.8 Å². The fraction of sp³-hybridized carbons (Fsp3) is 0.300. The molecule has 0 fully saturated rings. The first-order chi connectivity index (χ1) is 12.7. The first kappa shape index (κ1) is 16.4. The average Bonchev–Trinajstić information content (AvgIpc) is 3.06. The fourth-order valence-electron chi connectivity index (χ4n) is 3.14. The van der Waals surface area contributed by atoms with Gasteiger partial charge in [-0.3, -0.25) is 4.79 Å². The predicted octanol–water partition coefficient (Wildman–Crippen LogP) is 2.53. The van der Waals surface area contributed by atoms with Crippen molar-refractivity contribution >= 4 is 11.6 Å². The predicted molar refractivity (Wildman–Crippen MR) is 97.6 cm³/mol. The maximum absolute atomic E-state index is 12.3. The molecule has 26 heavy (non-hydrogen) atoms. The van der Waals surface area contributed by atoms with E-state index in [1.54, 1.807) is 6.20 Å². The summed E-state index contributed by atoms with van der Waals surface area (Å²) in [6, 6.07) is 11.6. The van der Waals surface area contributed by atoms with Gasteiger partial charge in [0.05, 0.1) is 12.1 Å². The lowest BCUT2D eigenvalue weighted by Gasteiger charge is -2.26. The van der Waals surface area contributed by atoms with Gasteiger partial charge in [0.2, 0.25) is 5.91 Å². The smallest absolute Gasteiger partial charge is 0.226 e. The average molecular weight is 351 g/mol. The summed E-state index contributed by atoms with van der Waals surface area (Å²) in [6.07, 6.45) is 4.64. The Hall–Kier alpha value is -3.02. The summed E-state index contributed by atoms with van der Waals surface area (Å²) in [5.74, 6) is 1.51. The number of pyridine rings is 1. The molecule has 1 aliphatic heterocycles. The number of carbonyl (C=O) groups excluding carboxylic acids is 1. The van der Waals surface area contributed by atoms with E-state index in [4.69, 9.17) is 9.47 Å². The molecule has 0 saturated carbocycles. The van der Waals surface area contributed by atoms with Crippen LogP contribution in [0.2, 0.25) is 0 Å². The first-order valence-electron chi connectivity index (χ1n) is 8.77. The van der Waals surface area contributed by atoms with Crippen LogP contribution in [0.3, 0.4) is 0 Å². The number of ether oxygens (including phenoxy) is 2. The van der Waals surface area contributed by atoms with E-state index in [1.807, 2.05) is 53.9 Å². The molecule has 6 nitrogen and oxygen atoms in total. The summed E-state index contributed by atoms with van der Waals surface area (Å²) in [6.45, 7) is 3.06. The summed E-state index contributed by atoms with van der Waals surface area (Å²) >= 11 is 0. The number of nitrogens with zero attached hydrogens (tertiary/aromatic N) is 2. The van der Waals surface area contributed by atoms with E-state index in [0.29, 0.717) is 26.0 Å². The Balaban J connectivity index is 1.29. The Morgan fingerprint density at radius 2 is 2.12 bits per heavy atom. The Bertz CT molecular complexity index is 935. The number of rotatable bonds is 5. The molecule has 0 saturated heterocycles. The quantitative estimate of drug-likeness (QED) is 0.767. The van der Waals surface area contributed by atoms with Crippen molar-refractivity contribution in [3.63, 3.8) is 0 Å². The molecule has 1 aromatic carbocycles. The van der Waals surface area contributed by atoms with Crippen molar-refractivity contribution in [2.75, 3.05) is 13.2 Å². The van der Waals surface area contributed by atoms with E-state index in [9.17, 15) is 4.79 Å². The molecule has 1 atom stereocenters. The van der Waals surface area contributed by atoms with Crippen LogP contribution in [0.5, 0.6) is 11.5 Å². The molecule has 0 spiro atoms. The van der Waals surface area contributed by atoms with Gasteiger partial charge in [0, 0.05) is 25.4 Å². The molecule has 0 radical (unpaired) electrons. The largest absolute Gasteiger partial charge is 0.486 e. The zero-order valence-corrected chi connectivity index (χ0v) is 14.6. The maximum Gasteiger partial charge on any atom is 0.226 e. The fourth-order valence-corrected chi connectivity index (χ4v) is 3.14. The molecule has 1 amide bonds. The zero-order chi connectivity index (χ0) is 17.9. The number of para-hydroxylation sites is 2. The SMILES string of the molecule is Cc1cccn2c(CC(=O)NCCC3COc4ccccc4O3)cnc12. The van der Waals surface area contributed by atoms with Gasteiger partial charge in [-0.1, -0.05) is 18.2 Å². The first-order valence-corrected chi connectivity index (χ1v) is 8.77. The Labute approximate surface area is 151 Å². The molecule has 134 valence electrons. The number of hydrogen-bond donors (Lipinski definition) is 1. The maximum atomic E-state index is 12.3. The second kappa shape index (κ2) is 7.07. The molecule has 0 aliphatic carbocycles. The molecule has 1 unspecified atom stereocenters. The number of aromatic nitrogens is 2. The van der Waals surface area contributed by atoms with E-state index in [-0.39, 0.29) is 12.0 Å². The number of imidazole rings is 1. The second-order valence-electron chi connectivity index (χ2n) is 6.45. The molecular formula is C20H21N3O3.